The highest BCUT2D eigenvalue weighted by molar-refractivity contribution is 14.1. The Morgan fingerprint density at radius 3 is 1.50 bits per heavy atom. The zero-order chi connectivity index (χ0) is 7.89. The third kappa shape index (κ3) is 1.16. The first kappa shape index (κ1) is 8.66. The Balaban J connectivity index is 3.11. The van der Waals surface area contributed by atoms with Gasteiger partial charge in [-0.25, -0.2) is 3.11 Å². The molecule has 10 heavy (non-hydrogen) atoms. The van der Waals surface area contributed by atoms with Crippen molar-refractivity contribution in [2.45, 2.75) is 0 Å². The Morgan fingerprint density at radius 2 is 1.40 bits per heavy atom. The highest BCUT2D eigenvalue weighted by Gasteiger charge is 2.34. The van der Waals surface area contributed by atoms with Crippen molar-refractivity contribution in [2.24, 2.45) is 0 Å². The number of nitrogens with zero attached hydrogens (tertiary/aromatic N) is 1. The van der Waals surface area contributed by atoms with Gasteiger partial charge in [0.1, 0.15) is 8.96 Å². The molecule has 0 fully saturated rings. The van der Waals surface area contributed by atoms with Gasteiger partial charge in [0.2, 0.25) is 0 Å². The van der Waals surface area contributed by atoms with Crippen molar-refractivity contribution >= 4 is 66.5 Å². The van der Waals surface area contributed by atoms with Crippen molar-refractivity contribution in [3.63, 3.8) is 0 Å². The van der Waals surface area contributed by atoms with Gasteiger partial charge >= 0.3 is 0 Å². The molecule has 1 aliphatic rings. The number of carbonyl (C=O) groups is 2. The third-order valence-electron chi connectivity index (χ3n) is 0.925. The van der Waals surface area contributed by atoms with Gasteiger partial charge in [-0.2, -0.15) is 0 Å². The summed E-state index contributed by atoms with van der Waals surface area (Å²) in [6.07, 6.45) is 0. The first-order valence-electron chi connectivity index (χ1n) is 2.15. The summed E-state index contributed by atoms with van der Waals surface area (Å²) in [6.45, 7) is 0. The predicted molar refractivity (Wildman–Crippen MR) is 50.8 cm³/mol. The molecule has 1 rings (SSSR count). The number of halogens is 3. The molecule has 0 aromatic carbocycles. The van der Waals surface area contributed by atoms with Gasteiger partial charge < -0.3 is 0 Å². The third-order valence-corrected chi connectivity index (χ3v) is 3.80. The van der Waals surface area contributed by atoms with Crippen LogP contribution in [-0.2, 0) is 9.59 Å². The average Bonchev–Trinajstić information content (AvgIpc) is 2.07. The van der Waals surface area contributed by atoms with E-state index in [0.29, 0.717) is 0 Å². The van der Waals surface area contributed by atoms with Crippen LogP contribution in [0.2, 0.25) is 0 Å². The van der Waals surface area contributed by atoms with E-state index in [2.05, 4.69) is 31.9 Å². The van der Waals surface area contributed by atoms with Gasteiger partial charge in [0, 0.05) is 0 Å². The highest BCUT2D eigenvalue weighted by Crippen LogP contribution is 2.31. The summed E-state index contributed by atoms with van der Waals surface area (Å²) in [5, 5.41) is 0. The smallest absolute Gasteiger partial charge is 0.267 e. The van der Waals surface area contributed by atoms with E-state index in [1.165, 1.54) is 0 Å². The molecule has 1 aliphatic heterocycles. The van der Waals surface area contributed by atoms with Crippen LogP contribution in [0, 0.1) is 0 Å². The Bertz CT molecular complexity index is 226. The Morgan fingerprint density at radius 1 is 1.10 bits per heavy atom. The van der Waals surface area contributed by atoms with Crippen LogP contribution in [0.1, 0.15) is 0 Å². The van der Waals surface area contributed by atoms with Gasteiger partial charge in [0.15, 0.2) is 0 Å². The van der Waals surface area contributed by atoms with Crippen LogP contribution in [0.3, 0.4) is 0 Å². The second-order valence-corrected chi connectivity index (χ2v) is 4.07. The van der Waals surface area contributed by atoms with Crippen LogP contribution in [0.15, 0.2) is 8.96 Å². The lowest BCUT2D eigenvalue weighted by Crippen LogP contribution is -2.19. The minimum atomic E-state index is -0.322. The molecule has 0 spiro atoms. The number of hydrogen-bond acceptors (Lipinski definition) is 2. The van der Waals surface area contributed by atoms with E-state index in [4.69, 9.17) is 0 Å². The lowest BCUT2D eigenvalue weighted by molar-refractivity contribution is -0.129. The van der Waals surface area contributed by atoms with E-state index in [-0.39, 0.29) is 20.8 Å². The normalized spacial score (nSPS) is 19.3. The first-order valence-corrected chi connectivity index (χ1v) is 4.70. The van der Waals surface area contributed by atoms with Crippen LogP contribution < -0.4 is 0 Å². The van der Waals surface area contributed by atoms with Crippen LogP contribution in [0.25, 0.3) is 0 Å². The lowest BCUT2D eigenvalue weighted by Gasteiger charge is -1.99. The molecule has 0 unspecified atom stereocenters. The maximum atomic E-state index is 10.9. The Labute approximate surface area is 87.6 Å². The predicted octanol–water partition coefficient (Wildman–Crippen LogP) is 1.71. The van der Waals surface area contributed by atoms with Crippen molar-refractivity contribution in [2.75, 3.05) is 0 Å². The molecule has 0 aromatic heterocycles. The summed E-state index contributed by atoms with van der Waals surface area (Å²) in [5.74, 6) is -0.644. The summed E-state index contributed by atoms with van der Waals surface area (Å²) in [7, 11) is 0. The highest BCUT2D eigenvalue weighted by atomic mass is 127. The summed E-state index contributed by atoms with van der Waals surface area (Å²) in [4.78, 5) is 21.8. The van der Waals surface area contributed by atoms with Gasteiger partial charge in [-0.15, -0.1) is 0 Å². The SMILES string of the molecule is O=C1C(Br)=C(Br)C(=O)N1I. The fourth-order valence-corrected chi connectivity index (χ4v) is 2.29. The number of hydrogen-bond donors (Lipinski definition) is 0. The zero-order valence-corrected chi connectivity index (χ0v) is 9.73. The van der Waals surface area contributed by atoms with E-state index >= 15 is 0 Å². The molecular weight excluding hydrogens is 381 g/mol. The molecule has 6 heteroatoms. The maximum absolute atomic E-state index is 10.9. The van der Waals surface area contributed by atoms with Crippen molar-refractivity contribution in [1.82, 2.24) is 3.11 Å². The molecule has 2 amide bonds. The van der Waals surface area contributed by atoms with E-state index in [1.807, 2.05) is 0 Å². The van der Waals surface area contributed by atoms with Gasteiger partial charge in [-0.1, -0.05) is 0 Å². The summed E-state index contributed by atoms with van der Waals surface area (Å²) >= 11 is 7.58. The Hall–Kier alpha value is 0.570. The quantitative estimate of drug-likeness (QED) is 0.364. The molecule has 0 aromatic rings. The van der Waals surface area contributed by atoms with Gasteiger partial charge in [-0.3, -0.25) is 9.59 Å². The number of carbonyl (C=O) groups excluding carboxylic acids is 2. The molecule has 0 bridgehead atoms. The zero-order valence-electron chi connectivity index (χ0n) is 4.40. The second-order valence-electron chi connectivity index (χ2n) is 1.52. The van der Waals surface area contributed by atoms with Crippen LogP contribution in [0.4, 0.5) is 0 Å². The van der Waals surface area contributed by atoms with Crippen molar-refractivity contribution < 1.29 is 9.59 Å². The van der Waals surface area contributed by atoms with Crippen LogP contribution in [-0.4, -0.2) is 14.9 Å². The van der Waals surface area contributed by atoms with Crippen LogP contribution >= 0.6 is 54.7 Å². The van der Waals surface area contributed by atoms with Crippen molar-refractivity contribution in [3.05, 3.63) is 8.96 Å². The molecule has 0 N–H and O–H groups in total. The monoisotopic (exact) mass is 379 g/mol. The molecule has 0 radical (unpaired) electrons. The second kappa shape index (κ2) is 2.90. The standard InChI is InChI=1S/C4Br2INO2/c5-1-2(6)4(10)8(7)3(1)9. The molecule has 1 heterocycles. The minimum absolute atomic E-state index is 0.284. The molecule has 0 aliphatic carbocycles. The molecule has 54 valence electrons. The number of rotatable bonds is 0. The molecule has 0 atom stereocenters. The fraction of sp³-hybridized carbons (Fsp3) is 0. The maximum Gasteiger partial charge on any atom is 0.278 e. The van der Waals surface area contributed by atoms with Crippen LogP contribution in [0.5, 0.6) is 0 Å². The largest absolute Gasteiger partial charge is 0.278 e. The molecular formula is C4Br2INO2. The molecule has 3 nitrogen and oxygen atoms in total. The average molecular weight is 381 g/mol. The van der Waals surface area contributed by atoms with Crippen molar-refractivity contribution in [3.8, 4) is 0 Å². The summed E-state index contributed by atoms with van der Waals surface area (Å²) < 4.78 is 1.57. The van der Waals surface area contributed by atoms with E-state index in [9.17, 15) is 9.59 Å². The van der Waals surface area contributed by atoms with Crippen molar-refractivity contribution in [1.29, 1.82) is 0 Å². The number of amides is 2. The first-order chi connectivity index (χ1) is 4.55. The Kier molecular flexibility index (Phi) is 2.51. The molecule has 0 saturated heterocycles. The van der Waals surface area contributed by atoms with Gasteiger partial charge in [0.25, 0.3) is 11.8 Å². The van der Waals surface area contributed by atoms with E-state index < -0.39 is 0 Å². The summed E-state index contributed by atoms with van der Waals surface area (Å²) in [6, 6.07) is 0. The summed E-state index contributed by atoms with van der Waals surface area (Å²) in [5.41, 5.74) is 0. The van der Waals surface area contributed by atoms with E-state index in [0.717, 1.165) is 3.11 Å². The fourth-order valence-electron chi connectivity index (χ4n) is 0.452. The minimum Gasteiger partial charge on any atom is -0.267 e. The van der Waals surface area contributed by atoms with Gasteiger partial charge in [-0.05, 0) is 31.9 Å². The molecule has 0 saturated carbocycles. The lowest BCUT2D eigenvalue weighted by atomic mass is 10.6. The topological polar surface area (TPSA) is 37.4 Å². The number of imide groups is 1. The van der Waals surface area contributed by atoms with E-state index in [1.54, 1.807) is 22.9 Å². The van der Waals surface area contributed by atoms with Gasteiger partial charge in [0.05, 0.1) is 22.9 Å².